The zero-order valence-corrected chi connectivity index (χ0v) is 11.2. The summed E-state index contributed by atoms with van der Waals surface area (Å²) in [6.45, 7) is 9.94. The zero-order valence-electron chi connectivity index (χ0n) is 11.2. The van der Waals surface area contributed by atoms with Gasteiger partial charge in [0.05, 0.1) is 0 Å². The maximum atomic E-state index is 4.41. The fourth-order valence-electron chi connectivity index (χ4n) is 2.21. The molecule has 1 aromatic rings. The van der Waals surface area contributed by atoms with Gasteiger partial charge in [0.15, 0.2) is 0 Å². The van der Waals surface area contributed by atoms with Gasteiger partial charge < -0.3 is 14.8 Å². The van der Waals surface area contributed by atoms with E-state index in [1.54, 1.807) is 0 Å². The van der Waals surface area contributed by atoms with Crippen LogP contribution in [-0.2, 0) is 0 Å². The predicted molar refractivity (Wildman–Crippen MR) is 71.4 cm³/mol. The second kappa shape index (κ2) is 5.54. The van der Waals surface area contributed by atoms with Gasteiger partial charge in [-0.3, -0.25) is 0 Å². The van der Waals surface area contributed by atoms with Crippen molar-refractivity contribution in [2.45, 2.75) is 45.7 Å². The molecule has 0 aromatic carbocycles. The number of nitrogens with one attached hydrogen (secondary N) is 1. The average molecular weight is 236 g/mol. The van der Waals surface area contributed by atoms with Gasteiger partial charge in [0, 0.05) is 31.0 Å². The molecule has 2 rings (SSSR count). The van der Waals surface area contributed by atoms with Crippen molar-refractivity contribution in [1.29, 1.82) is 0 Å². The van der Waals surface area contributed by atoms with Gasteiger partial charge in [0.25, 0.3) is 0 Å². The molecule has 1 atom stereocenters. The minimum absolute atomic E-state index is 0.440. The highest BCUT2D eigenvalue weighted by Crippen LogP contribution is 2.36. The molecule has 96 valence electrons. The molecule has 1 unspecified atom stereocenters. The van der Waals surface area contributed by atoms with Crippen LogP contribution in [0.4, 0.5) is 5.95 Å². The van der Waals surface area contributed by atoms with Crippen LogP contribution in [0, 0.1) is 0 Å². The van der Waals surface area contributed by atoms with Crippen LogP contribution < -0.4 is 5.32 Å². The van der Waals surface area contributed by atoms with Crippen molar-refractivity contribution in [3.63, 3.8) is 0 Å². The summed E-state index contributed by atoms with van der Waals surface area (Å²) in [7, 11) is 0. The summed E-state index contributed by atoms with van der Waals surface area (Å²) in [4.78, 5) is 6.84. The normalized spacial score (nSPS) is 17.4. The Bertz CT molecular complexity index is 339. The van der Waals surface area contributed by atoms with Crippen LogP contribution in [0.15, 0.2) is 12.4 Å². The first kappa shape index (κ1) is 12.4. The van der Waals surface area contributed by atoms with Crippen LogP contribution in [0.1, 0.15) is 39.7 Å². The van der Waals surface area contributed by atoms with Gasteiger partial charge in [0.2, 0.25) is 5.95 Å². The van der Waals surface area contributed by atoms with Gasteiger partial charge in [-0.15, -0.1) is 0 Å². The summed E-state index contributed by atoms with van der Waals surface area (Å²) < 4.78 is 2.28. The van der Waals surface area contributed by atoms with Crippen molar-refractivity contribution in [2.24, 2.45) is 0 Å². The van der Waals surface area contributed by atoms with Crippen molar-refractivity contribution in [3.05, 3.63) is 12.4 Å². The molecule has 0 radical (unpaired) electrons. The largest absolute Gasteiger partial charge is 0.352 e. The second-order valence-electron chi connectivity index (χ2n) is 4.92. The van der Waals surface area contributed by atoms with E-state index in [2.05, 4.69) is 46.7 Å². The van der Waals surface area contributed by atoms with Crippen LogP contribution in [0.5, 0.6) is 0 Å². The van der Waals surface area contributed by atoms with Crippen LogP contribution in [0.25, 0.3) is 0 Å². The number of nitrogens with zero attached hydrogens (tertiary/aromatic N) is 3. The lowest BCUT2D eigenvalue weighted by Crippen LogP contribution is -2.35. The predicted octanol–water partition coefficient (Wildman–Crippen LogP) is 2.36. The van der Waals surface area contributed by atoms with Crippen molar-refractivity contribution in [3.8, 4) is 0 Å². The quantitative estimate of drug-likeness (QED) is 0.789. The highest BCUT2D eigenvalue weighted by Gasteiger charge is 2.25. The molecule has 0 aliphatic heterocycles. The molecule has 0 bridgehead atoms. The molecule has 0 spiro atoms. The highest BCUT2D eigenvalue weighted by molar-refractivity contribution is 5.29. The van der Waals surface area contributed by atoms with Crippen molar-refractivity contribution < 1.29 is 0 Å². The minimum atomic E-state index is 0.440. The molecule has 1 heterocycles. The molecule has 1 aliphatic carbocycles. The van der Waals surface area contributed by atoms with E-state index in [1.807, 2.05) is 6.20 Å². The smallest absolute Gasteiger partial charge is 0.203 e. The lowest BCUT2D eigenvalue weighted by Gasteiger charge is -2.24. The Morgan fingerprint density at radius 2 is 2.18 bits per heavy atom. The zero-order chi connectivity index (χ0) is 12.3. The van der Waals surface area contributed by atoms with Gasteiger partial charge in [-0.1, -0.05) is 13.8 Å². The van der Waals surface area contributed by atoms with Gasteiger partial charge in [-0.2, -0.15) is 0 Å². The van der Waals surface area contributed by atoms with Crippen molar-refractivity contribution in [1.82, 2.24) is 14.5 Å². The maximum Gasteiger partial charge on any atom is 0.203 e. The number of imidazole rings is 1. The number of hydrogen-bond donors (Lipinski definition) is 1. The molecule has 1 saturated carbocycles. The van der Waals surface area contributed by atoms with Crippen LogP contribution >= 0.6 is 0 Å². The van der Waals surface area contributed by atoms with Gasteiger partial charge in [-0.25, -0.2) is 4.98 Å². The van der Waals surface area contributed by atoms with Gasteiger partial charge in [0.1, 0.15) is 0 Å². The molecule has 0 saturated heterocycles. The highest BCUT2D eigenvalue weighted by atomic mass is 15.2. The summed E-state index contributed by atoms with van der Waals surface area (Å²) in [6.07, 6.45) is 6.58. The third-order valence-corrected chi connectivity index (χ3v) is 3.41. The van der Waals surface area contributed by atoms with Crippen LogP contribution in [0.2, 0.25) is 0 Å². The SMILES string of the molecule is CCN(CC)CC(C)Nc1nccn1C1CC1. The number of rotatable bonds is 7. The average Bonchev–Trinajstić information content (AvgIpc) is 3.07. The number of anilines is 1. The molecule has 1 N–H and O–H groups in total. The van der Waals surface area contributed by atoms with E-state index in [0.717, 1.165) is 25.6 Å². The molecule has 0 amide bonds. The molecule has 1 aliphatic rings. The van der Waals surface area contributed by atoms with E-state index >= 15 is 0 Å². The summed E-state index contributed by atoms with van der Waals surface area (Å²) in [6, 6.07) is 1.13. The summed E-state index contributed by atoms with van der Waals surface area (Å²) in [5, 5.41) is 3.52. The first-order valence-corrected chi connectivity index (χ1v) is 6.76. The first-order chi connectivity index (χ1) is 8.24. The Labute approximate surface area is 104 Å². The van der Waals surface area contributed by atoms with Crippen LogP contribution in [0.3, 0.4) is 0 Å². The van der Waals surface area contributed by atoms with Gasteiger partial charge >= 0.3 is 0 Å². The Morgan fingerprint density at radius 3 is 2.76 bits per heavy atom. The van der Waals surface area contributed by atoms with E-state index < -0.39 is 0 Å². The summed E-state index contributed by atoms with van der Waals surface area (Å²) in [5.74, 6) is 1.03. The van der Waals surface area contributed by atoms with Crippen molar-refractivity contribution >= 4 is 5.95 Å². The number of aromatic nitrogens is 2. The molecule has 4 nitrogen and oxygen atoms in total. The number of hydrogen-bond acceptors (Lipinski definition) is 3. The molecular formula is C13H24N4. The molecule has 17 heavy (non-hydrogen) atoms. The van der Waals surface area contributed by atoms with Crippen LogP contribution in [-0.4, -0.2) is 40.1 Å². The molecule has 1 fully saturated rings. The topological polar surface area (TPSA) is 33.1 Å². The lowest BCUT2D eigenvalue weighted by atomic mass is 10.3. The third kappa shape index (κ3) is 3.22. The Hall–Kier alpha value is -1.03. The summed E-state index contributed by atoms with van der Waals surface area (Å²) in [5.41, 5.74) is 0. The van der Waals surface area contributed by atoms with E-state index in [9.17, 15) is 0 Å². The third-order valence-electron chi connectivity index (χ3n) is 3.41. The van der Waals surface area contributed by atoms with E-state index in [-0.39, 0.29) is 0 Å². The molecule has 1 aromatic heterocycles. The Morgan fingerprint density at radius 1 is 1.47 bits per heavy atom. The van der Waals surface area contributed by atoms with E-state index in [0.29, 0.717) is 12.1 Å². The minimum Gasteiger partial charge on any atom is -0.352 e. The fourth-order valence-corrected chi connectivity index (χ4v) is 2.21. The standard InChI is InChI=1S/C13H24N4/c1-4-16(5-2)10-11(3)15-13-14-8-9-17(13)12-6-7-12/h8-9,11-12H,4-7,10H2,1-3H3,(H,14,15). The van der Waals surface area contributed by atoms with Crippen molar-refractivity contribution in [2.75, 3.05) is 25.0 Å². The second-order valence-corrected chi connectivity index (χ2v) is 4.92. The maximum absolute atomic E-state index is 4.41. The first-order valence-electron chi connectivity index (χ1n) is 6.76. The fraction of sp³-hybridized carbons (Fsp3) is 0.769. The van der Waals surface area contributed by atoms with E-state index in [1.165, 1.54) is 12.8 Å². The monoisotopic (exact) mass is 236 g/mol. The Balaban J connectivity index is 1.88. The summed E-state index contributed by atoms with van der Waals surface area (Å²) >= 11 is 0. The van der Waals surface area contributed by atoms with E-state index in [4.69, 9.17) is 0 Å². The molecular weight excluding hydrogens is 212 g/mol. The van der Waals surface area contributed by atoms with Gasteiger partial charge in [-0.05, 0) is 32.9 Å². The molecule has 4 heteroatoms. The Kier molecular flexibility index (Phi) is 4.05. The lowest BCUT2D eigenvalue weighted by molar-refractivity contribution is 0.294. The number of likely N-dealkylation sites (N-methyl/N-ethyl adjacent to an activating group) is 1.